The molecule has 2 aromatic heterocycles. The van der Waals surface area contributed by atoms with Crippen LogP contribution >= 0.6 is 0 Å². The van der Waals surface area contributed by atoms with E-state index in [2.05, 4.69) is 32.6 Å². The minimum Gasteiger partial charge on any atom is -0.392 e. The Morgan fingerprint density at radius 2 is 1.79 bits per heavy atom. The van der Waals surface area contributed by atoms with E-state index in [1.165, 1.54) is 5.56 Å². The second kappa shape index (κ2) is 7.66. The molecule has 0 saturated carbocycles. The zero-order valence-electron chi connectivity index (χ0n) is 15.8. The highest BCUT2D eigenvalue weighted by Crippen LogP contribution is 2.27. The van der Waals surface area contributed by atoms with Crippen LogP contribution in [0.5, 0.6) is 0 Å². The summed E-state index contributed by atoms with van der Waals surface area (Å²) in [4.78, 5) is 9.23. The van der Waals surface area contributed by atoms with E-state index < -0.39 is 6.10 Å². The van der Waals surface area contributed by atoms with Crippen molar-refractivity contribution >= 4 is 28.5 Å². The van der Waals surface area contributed by atoms with Crippen LogP contribution in [0.2, 0.25) is 0 Å². The molecule has 0 bridgehead atoms. The first-order valence-electron chi connectivity index (χ1n) is 9.17. The molecule has 0 aliphatic heterocycles. The third kappa shape index (κ3) is 3.79. The lowest BCUT2D eigenvalue weighted by Gasteiger charge is -2.12. The fraction of sp³-hybridized carbons (Fsp3) is 0.190. The minimum atomic E-state index is -0.508. The van der Waals surface area contributed by atoms with Crippen molar-refractivity contribution in [1.82, 2.24) is 19.7 Å². The Balaban J connectivity index is 1.80. The van der Waals surface area contributed by atoms with Gasteiger partial charge in [0.15, 0.2) is 5.65 Å². The van der Waals surface area contributed by atoms with Gasteiger partial charge in [-0.25, -0.2) is 4.68 Å². The number of aryl methyl sites for hydroxylation is 1. The number of rotatable bonds is 6. The van der Waals surface area contributed by atoms with Gasteiger partial charge in [-0.15, -0.1) is 0 Å². The van der Waals surface area contributed by atoms with Crippen LogP contribution < -0.4 is 10.6 Å². The molecule has 0 amide bonds. The Morgan fingerprint density at radius 1 is 1.04 bits per heavy atom. The summed E-state index contributed by atoms with van der Waals surface area (Å²) >= 11 is 0. The lowest BCUT2D eigenvalue weighted by atomic mass is 10.2. The van der Waals surface area contributed by atoms with Gasteiger partial charge in [-0.1, -0.05) is 35.9 Å². The summed E-state index contributed by atoms with van der Waals surface area (Å²) < 4.78 is 1.78. The van der Waals surface area contributed by atoms with Gasteiger partial charge in [0.1, 0.15) is 5.82 Å². The monoisotopic (exact) mass is 374 g/mol. The molecule has 0 aliphatic rings. The number of benzene rings is 2. The lowest BCUT2D eigenvalue weighted by Crippen LogP contribution is -2.17. The van der Waals surface area contributed by atoms with E-state index in [9.17, 15) is 5.11 Å². The van der Waals surface area contributed by atoms with Crippen LogP contribution in [-0.4, -0.2) is 37.5 Å². The molecule has 4 rings (SSSR count). The average Bonchev–Trinajstić information content (AvgIpc) is 3.13. The molecule has 0 spiro atoms. The number of aliphatic hydroxyl groups is 1. The van der Waals surface area contributed by atoms with Crippen molar-refractivity contribution in [2.45, 2.75) is 20.0 Å². The highest BCUT2D eigenvalue weighted by molar-refractivity contribution is 5.90. The fourth-order valence-electron chi connectivity index (χ4n) is 2.85. The standard InChI is InChI=1S/C21H22N6O/c1-14-8-10-16(11-9-14)24-19-18-13-23-27(17-6-4-3-5-7-17)20(18)26-21(25-19)22-12-15(2)28/h3-11,13,15,28H,12H2,1-2H3,(H2,22,24,25,26)/t15-/m0/s1. The maximum absolute atomic E-state index is 9.60. The quantitative estimate of drug-likeness (QED) is 0.477. The van der Waals surface area contributed by atoms with Crippen LogP contribution in [0.4, 0.5) is 17.5 Å². The summed E-state index contributed by atoms with van der Waals surface area (Å²) in [5, 5.41) is 21.4. The Morgan fingerprint density at radius 3 is 2.50 bits per heavy atom. The largest absolute Gasteiger partial charge is 0.392 e. The molecule has 0 radical (unpaired) electrons. The zero-order chi connectivity index (χ0) is 19.5. The van der Waals surface area contributed by atoms with Gasteiger partial charge in [0.25, 0.3) is 0 Å². The fourth-order valence-corrected chi connectivity index (χ4v) is 2.85. The highest BCUT2D eigenvalue weighted by Gasteiger charge is 2.14. The van der Waals surface area contributed by atoms with Gasteiger partial charge in [0, 0.05) is 12.2 Å². The molecule has 0 saturated heterocycles. The predicted molar refractivity (Wildman–Crippen MR) is 111 cm³/mol. The molecule has 7 heteroatoms. The smallest absolute Gasteiger partial charge is 0.226 e. The van der Waals surface area contributed by atoms with E-state index in [-0.39, 0.29) is 0 Å². The van der Waals surface area contributed by atoms with Crippen LogP contribution in [0.25, 0.3) is 16.7 Å². The van der Waals surface area contributed by atoms with E-state index in [0.29, 0.717) is 24.0 Å². The molecule has 28 heavy (non-hydrogen) atoms. The van der Waals surface area contributed by atoms with Crippen molar-refractivity contribution in [1.29, 1.82) is 0 Å². The molecule has 3 N–H and O–H groups in total. The summed E-state index contributed by atoms with van der Waals surface area (Å²) in [6, 6.07) is 17.9. The van der Waals surface area contributed by atoms with Gasteiger partial charge in [0.2, 0.25) is 5.95 Å². The molecule has 0 fully saturated rings. The zero-order valence-corrected chi connectivity index (χ0v) is 15.8. The number of fused-ring (bicyclic) bond motifs is 1. The van der Waals surface area contributed by atoms with E-state index in [1.54, 1.807) is 17.8 Å². The molecule has 4 aromatic rings. The first kappa shape index (κ1) is 17.9. The van der Waals surface area contributed by atoms with Gasteiger partial charge in [-0.05, 0) is 38.1 Å². The molecule has 142 valence electrons. The Bertz CT molecular complexity index is 1070. The molecular formula is C21H22N6O. The maximum atomic E-state index is 9.60. The Hall–Kier alpha value is -3.45. The Labute approximate surface area is 163 Å². The van der Waals surface area contributed by atoms with Crippen LogP contribution in [0.3, 0.4) is 0 Å². The number of aliphatic hydroxyl groups excluding tert-OH is 1. The second-order valence-electron chi connectivity index (χ2n) is 6.75. The molecule has 0 aliphatic carbocycles. The summed E-state index contributed by atoms with van der Waals surface area (Å²) in [6.07, 6.45) is 1.25. The van der Waals surface area contributed by atoms with Crippen molar-refractivity contribution in [3.63, 3.8) is 0 Å². The number of para-hydroxylation sites is 1. The highest BCUT2D eigenvalue weighted by atomic mass is 16.3. The van der Waals surface area contributed by atoms with Crippen LogP contribution in [0, 0.1) is 6.92 Å². The molecular weight excluding hydrogens is 352 g/mol. The third-order valence-electron chi connectivity index (χ3n) is 4.30. The van der Waals surface area contributed by atoms with Crippen molar-refractivity contribution < 1.29 is 5.11 Å². The number of nitrogens with one attached hydrogen (secondary N) is 2. The van der Waals surface area contributed by atoms with E-state index >= 15 is 0 Å². The Kier molecular flexibility index (Phi) is 4.90. The van der Waals surface area contributed by atoms with Gasteiger partial charge in [-0.3, -0.25) is 0 Å². The minimum absolute atomic E-state index is 0.356. The normalized spacial score (nSPS) is 12.1. The number of anilines is 3. The first-order valence-corrected chi connectivity index (χ1v) is 9.17. The summed E-state index contributed by atoms with van der Waals surface area (Å²) in [7, 11) is 0. The summed E-state index contributed by atoms with van der Waals surface area (Å²) in [5.41, 5.74) is 3.72. The molecule has 2 heterocycles. The maximum Gasteiger partial charge on any atom is 0.226 e. The third-order valence-corrected chi connectivity index (χ3v) is 4.30. The molecule has 2 aromatic carbocycles. The van der Waals surface area contributed by atoms with Crippen molar-refractivity contribution in [3.05, 3.63) is 66.4 Å². The van der Waals surface area contributed by atoms with Crippen molar-refractivity contribution in [2.24, 2.45) is 0 Å². The van der Waals surface area contributed by atoms with Gasteiger partial charge >= 0.3 is 0 Å². The summed E-state index contributed by atoms with van der Waals surface area (Å²) in [6.45, 7) is 4.12. The van der Waals surface area contributed by atoms with Crippen LogP contribution in [0.1, 0.15) is 12.5 Å². The molecule has 0 unspecified atom stereocenters. The summed E-state index contributed by atoms with van der Waals surface area (Å²) in [5.74, 6) is 1.09. The molecule has 7 nitrogen and oxygen atoms in total. The van der Waals surface area contributed by atoms with Crippen molar-refractivity contribution in [2.75, 3.05) is 17.2 Å². The lowest BCUT2D eigenvalue weighted by molar-refractivity contribution is 0.208. The predicted octanol–water partition coefficient (Wildman–Crippen LogP) is 3.66. The van der Waals surface area contributed by atoms with E-state index in [4.69, 9.17) is 0 Å². The van der Waals surface area contributed by atoms with Crippen LogP contribution in [0.15, 0.2) is 60.8 Å². The van der Waals surface area contributed by atoms with Crippen LogP contribution in [-0.2, 0) is 0 Å². The van der Waals surface area contributed by atoms with E-state index in [1.807, 2.05) is 54.6 Å². The average molecular weight is 374 g/mol. The number of hydrogen-bond donors (Lipinski definition) is 3. The second-order valence-corrected chi connectivity index (χ2v) is 6.75. The number of aromatic nitrogens is 4. The van der Waals surface area contributed by atoms with Gasteiger partial charge in [-0.2, -0.15) is 15.1 Å². The van der Waals surface area contributed by atoms with Gasteiger partial charge < -0.3 is 15.7 Å². The number of hydrogen-bond acceptors (Lipinski definition) is 6. The first-order chi connectivity index (χ1) is 13.6. The molecule has 1 atom stereocenters. The topological polar surface area (TPSA) is 87.9 Å². The SMILES string of the molecule is Cc1ccc(Nc2nc(NC[C@H](C)O)nc3c2cnn3-c2ccccc2)cc1. The van der Waals surface area contributed by atoms with Crippen molar-refractivity contribution in [3.8, 4) is 5.69 Å². The van der Waals surface area contributed by atoms with E-state index in [0.717, 1.165) is 16.8 Å². The number of nitrogens with zero attached hydrogens (tertiary/aromatic N) is 4. The van der Waals surface area contributed by atoms with Gasteiger partial charge in [0.05, 0.1) is 23.4 Å².